The Labute approximate surface area is 125 Å². The fourth-order valence-electron chi connectivity index (χ4n) is 1.92. The number of imidazole rings is 1. The molecule has 0 bridgehead atoms. The molecule has 5 nitrogen and oxygen atoms in total. The molecule has 0 atom stereocenters. The summed E-state index contributed by atoms with van der Waals surface area (Å²) in [6, 6.07) is 14.1. The second-order valence-corrected chi connectivity index (χ2v) is 5.53. The molecule has 0 aliphatic rings. The summed E-state index contributed by atoms with van der Waals surface area (Å²) < 4.78 is 6.65. The predicted molar refractivity (Wildman–Crippen MR) is 80.1 cm³/mol. The molecule has 3 rings (SSSR count). The number of ether oxygens (including phenoxy) is 1. The first kappa shape index (κ1) is 13.5. The summed E-state index contributed by atoms with van der Waals surface area (Å²) in [4.78, 5) is 17.2. The summed E-state index contributed by atoms with van der Waals surface area (Å²) in [5.41, 5.74) is 6.41. The van der Waals surface area contributed by atoms with Crippen LogP contribution < -0.4 is 5.73 Å². The zero-order valence-electron chi connectivity index (χ0n) is 11.1. The maximum atomic E-state index is 10.6. The van der Waals surface area contributed by atoms with Crippen LogP contribution in [0.4, 0.5) is 4.79 Å². The molecular weight excluding hydrogens is 286 g/mol. The highest BCUT2D eigenvalue weighted by atomic mass is 32.2. The van der Waals surface area contributed by atoms with Crippen LogP contribution in [0.25, 0.3) is 5.65 Å². The molecule has 21 heavy (non-hydrogen) atoms. The number of benzene rings is 1. The minimum atomic E-state index is -0.799. The first-order chi connectivity index (χ1) is 10.2. The van der Waals surface area contributed by atoms with Gasteiger partial charge in [0.15, 0.2) is 0 Å². The molecule has 3 aromatic rings. The first-order valence-electron chi connectivity index (χ1n) is 6.33. The van der Waals surface area contributed by atoms with E-state index in [1.807, 2.05) is 47.1 Å². The van der Waals surface area contributed by atoms with Crippen LogP contribution in [0.5, 0.6) is 0 Å². The zero-order chi connectivity index (χ0) is 14.7. The molecule has 2 heterocycles. The number of hydrogen-bond donors (Lipinski definition) is 1. The molecule has 106 valence electrons. The van der Waals surface area contributed by atoms with Crippen molar-refractivity contribution in [3.8, 4) is 0 Å². The Morgan fingerprint density at radius 1 is 1.14 bits per heavy atom. The molecule has 0 saturated heterocycles. The van der Waals surface area contributed by atoms with Gasteiger partial charge in [0.25, 0.3) is 0 Å². The van der Waals surface area contributed by atoms with E-state index in [1.165, 1.54) is 4.90 Å². The zero-order valence-corrected chi connectivity index (χ0v) is 11.9. The number of carbonyl (C=O) groups is 1. The Hall–Kier alpha value is -2.47. The molecule has 2 aromatic heterocycles. The van der Waals surface area contributed by atoms with E-state index in [0.717, 1.165) is 10.5 Å². The van der Waals surface area contributed by atoms with Crippen LogP contribution in [-0.4, -0.2) is 15.5 Å². The molecule has 1 aromatic carbocycles. The number of nitrogens with zero attached hydrogens (tertiary/aromatic N) is 2. The number of hydrogen-bond acceptors (Lipinski definition) is 4. The lowest BCUT2D eigenvalue weighted by atomic mass is 10.4. The van der Waals surface area contributed by atoms with Gasteiger partial charge in [-0.25, -0.2) is 9.78 Å². The van der Waals surface area contributed by atoms with E-state index in [9.17, 15) is 4.79 Å². The lowest BCUT2D eigenvalue weighted by Crippen LogP contribution is -2.12. The van der Waals surface area contributed by atoms with Crippen molar-refractivity contribution in [3.05, 3.63) is 60.6 Å². The lowest BCUT2D eigenvalue weighted by Gasteiger charge is -2.02. The molecule has 0 fully saturated rings. The van der Waals surface area contributed by atoms with Gasteiger partial charge in [-0.2, -0.15) is 0 Å². The molecular formula is C15H13N3O2S. The third-order valence-electron chi connectivity index (χ3n) is 2.82. The quantitative estimate of drug-likeness (QED) is 0.803. The third-order valence-corrected chi connectivity index (χ3v) is 3.80. The van der Waals surface area contributed by atoms with E-state index in [4.69, 9.17) is 10.5 Å². The number of carbonyl (C=O) groups excluding carboxylic acids is 1. The van der Waals surface area contributed by atoms with Crippen molar-refractivity contribution in [1.29, 1.82) is 0 Å². The minimum Gasteiger partial charge on any atom is -0.443 e. The summed E-state index contributed by atoms with van der Waals surface area (Å²) in [7, 11) is 0. The number of aromatic nitrogens is 2. The van der Waals surface area contributed by atoms with Gasteiger partial charge in [0, 0.05) is 22.2 Å². The fraction of sp³-hybridized carbons (Fsp3) is 0.0667. The topological polar surface area (TPSA) is 69.6 Å². The second kappa shape index (κ2) is 5.88. The van der Waals surface area contributed by atoms with Crippen LogP contribution >= 0.6 is 11.8 Å². The van der Waals surface area contributed by atoms with E-state index in [1.54, 1.807) is 11.8 Å². The van der Waals surface area contributed by atoms with E-state index < -0.39 is 6.09 Å². The average Bonchev–Trinajstić information content (AvgIpc) is 2.88. The monoisotopic (exact) mass is 299 g/mol. The van der Waals surface area contributed by atoms with Crippen molar-refractivity contribution in [2.24, 2.45) is 5.73 Å². The standard InChI is InChI=1S/C15H13N3O2S/c16-15(19)20-10-11-8-18-9-13(6-7-14(18)17-11)21-12-4-2-1-3-5-12/h1-9H,10H2,(H2,16,19). The summed E-state index contributed by atoms with van der Waals surface area (Å²) in [5.74, 6) is 0. The SMILES string of the molecule is NC(=O)OCc1cn2cc(Sc3ccccc3)ccc2n1. The summed E-state index contributed by atoms with van der Waals surface area (Å²) >= 11 is 1.68. The number of rotatable bonds is 4. The average molecular weight is 299 g/mol. The van der Waals surface area contributed by atoms with Gasteiger partial charge in [-0.15, -0.1) is 0 Å². The van der Waals surface area contributed by atoms with Crippen LogP contribution in [-0.2, 0) is 11.3 Å². The van der Waals surface area contributed by atoms with Crippen LogP contribution in [0.2, 0.25) is 0 Å². The van der Waals surface area contributed by atoms with E-state index >= 15 is 0 Å². The van der Waals surface area contributed by atoms with Gasteiger partial charge >= 0.3 is 6.09 Å². The highest BCUT2D eigenvalue weighted by Gasteiger charge is 2.05. The minimum absolute atomic E-state index is 0.0815. The van der Waals surface area contributed by atoms with Crippen molar-refractivity contribution in [3.63, 3.8) is 0 Å². The fourth-order valence-corrected chi connectivity index (χ4v) is 2.79. The van der Waals surface area contributed by atoms with Crippen molar-refractivity contribution in [2.45, 2.75) is 16.4 Å². The smallest absolute Gasteiger partial charge is 0.404 e. The highest BCUT2D eigenvalue weighted by Crippen LogP contribution is 2.27. The molecule has 0 aliphatic heterocycles. The Kier molecular flexibility index (Phi) is 3.79. The predicted octanol–water partition coefficient (Wildman–Crippen LogP) is 3.08. The summed E-state index contributed by atoms with van der Waals surface area (Å²) in [6.45, 7) is 0.0815. The first-order valence-corrected chi connectivity index (χ1v) is 7.15. The number of amides is 1. The van der Waals surface area contributed by atoms with Crippen LogP contribution in [0.3, 0.4) is 0 Å². The maximum absolute atomic E-state index is 10.6. The Morgan fingerprint density at radius 2 is 1.95 bits per heavy atom. The van der Waals surface area contributed by atoms with Gasteiger partial charge in [0.1, 0.15) is 12.3 Å². The summed E-state index contributed by atoms with van der Waals surface area (Å²) in [6.07, 6.45) is 3.02. The number of nitrogens with two attached hydrogens (primary N) is 1. The number of primary amides is 1. The van der Waals surface area contributed by atoms with E-state index in [-0.39, 0.29) is 6.61 Å². The number of fused-ring (bicyclic) bond motifs is 1. The van der Waals surface area contributed by atoms with Crippen LogP contribution in [0, 0.1) is 0 Å². The number of pyridine rings is 1. The van der Waals surface area contributed by atoms with E-state index in [0.29, 0.717) is 5.69 Å². The molecule has 0 saturated carbocycles. The normalized spacial score (nSPS) is 10.7. The molecule has 0 unspecified atom stereocenters. The van der Waals surface area contributed by atoms with E-state index in [2.05, 4.69) is 17.1 Å². The molecule has 6 heteroatoms. The lowest BCUT2D eigenvalue weighted by molar-refractivity contribution is 0.149. The Balaban J connectivity index is 1.81. The van der Waals surface area contributed by atoms with Gasteiger partial charge < -0.3 is 14.9 Å². The third kappa shape index (κ3) is 3.35. The largest absolute Gasteiger partial charge is 0.443 e. The van der Waals surface area contributed by atoms with Gasteiger partial charge in [-0.3, -0.25) is 0 Å². The van der Waals surface area contributed by atoms with Gasteiger partial charge in [-0.1, -0.05) is 30.0 Å². The van der Waals surface area contributed by atoms with Crippen LogP contribution in [0.1, 0.15) is 5.69 Å². The van der Waals surface area contributed by atoms with Crippen molar-refractivity contribution >= 4 is 23.5 Å². The molecule has 2 N–H and O–H groups in total. The van der Waals surface area contributed by atoms with Gasteiger partial charge in [0.2, 0.25) is 0 Å². The molecule has 0 radical (unpaired) electrons. The van der Waals surface area contributed by atoms with Crippen molar-refractivity contribution in [1.82, 2.24) is 9.38 Å². The van der Waals surface area contributed by atoms with Gasteiger partial charge in [0.05, 0.1) is 5.69 Å². The Bertz CT molecular complexity index is 771. The Morgan fingerprint density at radius 3 is 2.71 bits per heavy atom. The molecule has 0 aliphatic carbocycles. The van der Waals surface area contributed by atoms with Crippen molar-refractivity contribution in [2.75, 3.05) is 0 Å². The maximum Gasteiger partial charge on any atom is 0.404 e. The highest BCUT2D eigenvalue weighted by molar-refractivity contribution is 7.99. The molecule has 1 amide bonds. The van der Waals surface area contributed by atoms with Crippen LogP contribution in [0.15, 0.2) is 64.6 Å². The van der Waals surface area contributed by atoms with Crippen molar-refractivity contribution < 1.29 is 9.53 Å². The van der Waals surface area contributed by atoms with Gasteiger partial charge in [-0.05, 0) is 24.3 Å². The summed E-state index contributed by atoms with van der Waals surface area (Å²) in [5, 5.41) is 0. The second-order valence-electron chi connectivity index (χ2n) is 4.39. The molecule has 0 spiro atoms.